The summed E-state index contributed by atoms with van der Waals surface area (Å²) >= 11 is 0. The van der Waals surface area contributed by atoms with E-state index in [1.807, 2.05) is 32.9 Å². The third-order valence-corrected chi connectivity index (χ3v) is 10.8. The molecule has 0 spiro atoms. The lowest BCUT2D eigenvalue weighted by Crippen LogP contribution is -2.60. The van der Waals surface area contributed by atoms with Crippen molar-refractivity contribution in [2.24, 2.45) is 11.3 Å². The van der Waals surface area contributed by atoms with Crippen molar-refractivity contribution in [2.75, 3.05) is 19.8 Å². The molecule has 13 nitrogen and oxygen atoms in total. The highest BCUT2D eigenvalue weighted by molar-refractivity contribution is 7.91. The summed E-state index contributed by atoms with van der Waals surface area (Å²) < 4.78 is 39.3. The van der Waals surface area contributed by atoms with Gasteiger partial charge in [0.25, 0.3) is 5.91 Å². The number of carbonyl (C=O) groups excluding carboxylic acids is 4. The summed E-state index contributed by atoms with van der Waals surface area (Å²) in [6, 6.07) is 1.42. The van der Waals surface area contributed by atoms with Crippen molar-refractivity contribution in [3.63, 3.8) is 0 Å². The molecule has 3 fully saturated rings. The number of sulfonamides is 1. The smallest absolute Gasteiger partial charge is 0.259 e. The van der Waals surface area contributed by atoms with E-state index in [0.717, 1.165) is 19.3 Å². The summed E-state index contributed by atoms with van der Waals surface area (Å²) in [6.07, 6.45) is 9.95. The quantitative estimate of drug-likeness (QED) is 0.382. The number of carbonyl (C=O) groups is 4. The average molecular weight is 672 g/mol. The highest BCUT2D eigenvalue weighted by Gasteiger charge is 2.62. The maximum absolute atomic E-state index is 14.3. The van der Waals surface area contributed by atoms with E-state index in [0.29, 0.717) is 30.9 Å². The van der Waals surface area contributed by atoms with Crippen molar-refractivity contribution >= 4 is 39.7 Å². The number of nitrogens with zero attached hydrogens (tertiary/aromatic N) is 2. The van der Waals surface area contributed by atoms with Gasteiger partial charge in [-0.2, -0.15) is 0 Å². The monoisotopic (exact) mass is 671 g/mol. The highest BCUT2D eigenvalue weighted by Crippen LogP contribution is 2.45. The Bertz CT molecular complexity index is 1540. The summed E-state index contributed by atoms with van der Waals surface area (Å²) in [7, 11) is -3.87. The molecular weight excluding hydrogens is 626 g/mol. The minimum absolute atomic E-state index is 0.0219. The molecule has 14 heteroatoms. The van der Waals surface area contributed by atoms with E-state index in [1.54, 1.807) is 18.3 Å². The first kappa shape index (κ1) is 34.6. The third-order valence-electron chi connectivity index (χ3n) is 9.03. The van der Waals surface area contributed by atoms with Crippen LogP contribution in [0.25, 0.3) is 6.08 Å². The lowest BCUT2D eigenvalue weighted by molar-refractivity contribution is -0.145. The van der Waals surface area contributed by atoms with Crippen molar-refractivity contribution in [1.29, 1.82) is 0 Å². The standard InChI is InChI=1S/C33H45N5O8S/c1-5-21-18-33(21,31(42)37-47(43,44)23-13-14-23)36-29(40)25-17-22-19-38(25)30(41)28(32(2,3)4)35-27(39)20-45-16-9-7-6-8-11-24-26(46-22)12-10-15-34-24/h5,8,10-12,15,21-23,25,28H,1,6-7,9,13-14,16-20H2,2-4H3,(H,35,39)(H,36,40)(H,37,42)/b11-8+/t21-,22+,25-,28+,33+/m0/s1. The van der Waals surface area contributed by atoms with Crippen molar-refractivity contribution in [3.05, 3.63) is 42.8 Å². The molecule has 2 aliphatic heterocycles. The first-order chi connectivity index (χ1) is 22.2. The van der Waals surface area contributed by atoms with Gasteiger partial charge in [0.05, 0.1) is 11.8 Å². The topological polar surface area (TPSA) is 173 Å². The van der Waals surface area contributed by atoms with Crippen LogP contribution < -0.4 is 20.1 Å². The lowest BCUT2D eigenvalue weighted by atomic mass is 9.85. The predicted molar refractivity (Wildman–Crippen MR) is 173 cm³/mol. The van der Waals surface area contributed by atoms with Gasteiger partial charge in [0, 0.05) is 25.1 Å². The second-order valence-electron chi connectivity index (χ2n) is 13.9. The Morgan fingerprint density at radius 3 is 2.66 bits per heavy atom. The first-order valence-corrected chi connectivity index (χ1v) is 17.8. The molecule has 0 aromatic carbocycles. The molecule has 47 heavy (non-hydrogen) atoms. The van der Waals surface area contributed by atoms with Crippen LogP contribution >= 0.6 is 0 Å². The molecule has 4 aliphatic rings. The summed E-state index contributed by atoms with van der Waals surface area (Å²) in [6.45, 7) is 9.39. The van der Waals surface area contributed by atoms with Gasteiger partial charge < -0.3 is 25.0 Å². The maximum Gasteiger partial charge on any atom is 0.259 e. The van der Waals surface area contributed by atoms with E-state index in [1.165, 1.54) is 11.0 Å². The fourth-order valence-corrected chi connectivity index (χ4v) is 7.41. The molecule has 2 aliphatic carbocycles. The van der Waals surface area contributed by atoms with E-state index in [4.69, 9.17) is 9.47 Å². The largest absolute Gasteiger partial charge is 0.486 e. The van der Waals surface area contributed by atoms with Crippen LogP contribution in [0.2, 0.25) is 0 Å². The molecule has 0 unspecified atom stereocenters. The van der Waals surface area contributed by atoms with E-state index >= 15 is 0 Å². The second-order valence-corrected chi connectivity index (χ2v) is 15.8. The molecule has 5 rings (SSSR count). The fourth-order valence-electron chi connectivity index (χ4n) is 6.04. The van der Waals surface area contributed by atoms with Gasteiger partial charge >= 0.3 is 0 Å². The van der Waals surface area contributed by atoms with Gasteiger partial charge in [0.15, 0.2) is 0 Å². The summed E-state index contributed by atoms with van der Waals surface area (Å²) in [5.74, 6) is -2.40. The van der Waals surface area contributed by atoms with Gasteiger partial charge in [-0.05, 0) is 62.1 Å². The van der Waals surface area contributed by atoms with Crippen LogP contribution in [-0.4, -0.2) is 90.7 Å². The zero-order valence-corrected chi connectivity index (χ0v) is 28.0. The summed E-state index contributed by atoms with van der Waals surface area (Å²) in [5, 5.41) is 4.98. The molecule has 4 amide bonds. The fraction of sp³-hybridized carbons (Fsp3) is 0.606. The Labute approximate surface area is 276 Å². The lowest BCUT2D eigenvalue weighted by Gasteiger charge is -2.35. The van der Waals surface area contributed by atoms with Crippen molar-refractivity contribution in [2.45, 2.75) is 94.7 Å². The molecule has 3 N–H and O–H groups in total. The Morgan fingerprint density at radius 1 is 1.21 bits per heavy atom. The van der Waals surface area contributed by atoms with Crippen molar-refractivity contribution in [3.8, 4) is 5.75 Å². The number of nitrogens with one attached hydrogen (secondary N) is 3. The van der Waals surface area contributed by atoms with E-state index in [9.17, 15) is 27.6 Å². The van der Waals surface area contributed by atoms with Crippen LogP contribution in [-0.2, 0) is 33.9 Å². The first-order valence-electron chi connectivity index (χ1n) is 16.2. The number of amides is 4. The molecule has 1 aromatic heterocycles. The van der Waals surface area contributed by atoms with Gasteiger partial charge in [0.1, 0.15) is 41.8 Å². The van der Waals surface area contributed by atoms with Crippen LogP contribution in [0.3, 0.4) is 0 Å². The summed E-state index contributed by atoms with van der Waals surface area (Å²) in [4.78, 5) is 60.5. The van der Waals surface area contributed by atoms with Gasteiger partial charge in [-0.15, -0.1) is 6.58 Å². The number of rotatable bonds is 6. The molecule has 3 heterocycles. The Balaban J connectivity index is 1.44. The Hall–Kier alpha value is -3.78. The molecule has 1 saturated heterocycles. The second kappa shape index (κ2) is 13.8. The number of allylic oxidation sites excluding steroid dienone is 1. The molecule has 1 aromatic rings. The van der Waals surface area contributed by atoms with Gasteiger partial charge in [-0.25, -0.2) is 8.42 Å². The molecule has 2 saturated carbocycles. The third kappa shape index (κ3) is 8.03. The average Bonchev–Trinajstić information content (AvgIpc) is 3.93. The number of pyridine rings is 1. The normalized spacial score (nSPS) is 29.6. The minimum Gasteiger partial charge on any atom is -0.486 e. The van der Waals surface area contributed by atoms with Crippen LogP contribution in [0.1, 0.15) is 71.4 Å². The SMILES string of the molecule is C=C[C@H]1C[C@]1(NC(=O)[C@@H]1C[C@@H]2CN1C(=O)[C@H](C(C)(C)C)NC(=O)COCCCC/C=C/c1ncccc1O2)C(=O)NS(=O)(=O)C1CC1. The Kier molecular flexibility index (Phi) is 10.1. The number of hydrogen-bond donors (Lipinski definition) is 3. The number of fused-ring (bicyclic) bond motifs is 3. The zero-order chi connectivity index (χ0) is 34.0. The molecule has 256 valence electrons. The predicted octanol–water partition coefficient (Wildman–Crippen LogP) is 1.84. The molecule has 2 bridgehead atoms. The molecule has 5 atom stereocenters. The van der Waals surface area contributed by atoms with Crippen LogP contribution in [0.5, 0.6) is 5.75 Å². The molecular formula is C33H45N5O8S. The van der Waals surface area contributed by atoms with E-state index in [2.05, 4.69) is 26.9 Å². The Morgan fingerprint density at radius 2 is 1.98 bits per heavy atom. The minimum atomic E-state index is -3.87. The van der Waals surface area contributed by atoms with Crippen molar-refractivity contribution in [1.82, 2.24) is 25.2 Å². The zero-order valence-electron chi connectivity index (χ0n) is 27.2. The number of hydrogen-bond acceptors (Lipinski definition) is 9. The van der Waals surface area contributed by atoms with E-state index in [-0.39, 0.29) is 26.0 Å². The maximum atomic E-state index is 14.3. The van der Waals surface area contributed by atoms with Crippen LogP contribution in [0.4, 0.5) is 0 Å². The van der Waals surface area contributed by atoms with Gasteiger partial charge in [-0.1, -0.05) is 32.9 Å². The van der Waals surface area contributed by atoms with E-state index < -0.39 is 74.0 Å². The highest BCUT2D eigenvalue weighted by atomic mass is 32.2. The van der Waals surface area contributed by atoms with Crippen LogP contribution in [0, 0.1) is 11.3 Å². The van der Waals surface area contributed by atoms with Crippen LogP contribution in [0.15, 0.2) is 37.1 Å². The number of aromatic nitrogens is 1. The van der Waals surface area contributed by atoms with Gasteiger partial charge in [-0.3, -0.25) is 28.9 Å². The summed E-state index contributed by atoms with van der Waals surface area (Å²) in [5.41, 5.74) is -1.65. The molecule has 0 radical (unpaired) electrons. The van der Waals surface area contributed by atoms with Gasteiger partial charge in [0.2, 0.25) is 27.7 Å². The van der Waals surface area contributed by atoms with Crippen molar-refractivity contribution < 1.29 is 37.1 Å². The number of ether oxygens (including phenoxy) is 2.